The van der Waals surface area contributed by atoms with Crippen molar-refractivity contribution in [3.8, 4) is 5.75 Å². The summed E-state index contributed by atoms with van der Waals surface area (Å²) in [6.07, 6.45) is 1.61. The molecular formula is C22H27N3O4. The van der Waals surface area contributed by atoms with Crippen LogP contribution in [0.4, 0.5) is 0 Å². The molecular weight excluding hydrogens is 370 g/mol. The van der Waals surface area contributed by atoms with Crippen molar-refractivity contribution < 1.29 is 19.9 Å². The second-order valence-corrected chi connectivity index (χ2v) is 7.51. The van der Waals surface area contributed by atoms with Crippen LogP contribution in [0.15, 0.2) is 41.6 Å². The van der Waals surface area contributed by atoms with Gasteiger partial charge in [-0.2, -0.15) is 0 Å². The molecule has 154 valence electrons. The van der Waals surface area contributed by atoms with E-state index in [0.717, 1.165) is 22.4 Å². The van der Waals surface area contributed by atoms with Gasteiger partial charge in [0, 0.05) is 16.7 Å². The van der Waals surface area contributed by atoms with Crippen LogP contribution in [0.2, 0.25) is 0 Å². The number of hydrogen-bond acceptors (Lipinski definition) is 5. The van der Waals surface area contributed by atoms with Gasteiger partial charge >= 0.3 is 0 Å². The van der Waals surface area contributed by atoms with Gasteiger partial charge in [0.1, 0.15) is 5.75 Å². The maximum atomic E-state index is 13.3. The van der Waals surface area contributed by atoms with E-state index < -0.39 is 17.4 Å². The predicted octanol–water partition coefficient (Wildman–Crippen LogP) is 3.60. The van der Waals surface area contributed by atoms with E-state index in [0.29, 0.717) is 17.5 Å². The Morgan fingerprint density at radius 2 is 1.79 bits per heavy atom. The molecule has 7 heteroatoms. The fraction of sp³-hybridized carbons (Fsp3) is 0.318. The lowest BCUT2D eigenvalue weighted by atomic mass is 10.0. The van der Waals surface area contributed by atoms with Crippen LogP contribution in [0.3, 0.4) is 0 Å². The van der Waals surface area contributed by atoms with Crippen molar-refractivity contribution in [3.05, 3.63) is 64.2 Å². The number of aromatic hydroxyl groups is 1. The van der Waals surface area contributed by atoms with Crippen LogP contribution >= 0.6 is 0 Å². The first-order chi connectivity index (χ1) is 13.6. The van der Waals surface area contributed by atoms with Crippen LogP contribution in [0.5, 0.6) is 5.75 Å². The van der Waals surface area contributed by atoms with Crippen molar-refractivity contribution >= 4 is 18.0 Å². The van der Waals surface area contributed by atoms with Gasteiger partial charge in [-0.25, -0.2) is 5.01 Å². The molecule has 0 spiro atoms. The molecule has 0 unspecified atom stereocenters. The monoisotopic (exact) mass is 397 g/mol. The average molecular weight is 397 g/mol. The molecule has 0 aromatic heterocycles. The molecule has 2 rings (SSSR count). The van der Waals surface area contributed by atoms with E-state index in [2.05, 4.69) is 10.6 Å². The summed E-state index contributed by atoms with van der Waals surface area (Å²) >= 11 is 0. The molecule has 0 saturated heterocycles. The minimum Gasteiger partial charge on any atom is -0.508 e. The van der Waals surface area contributed by atoms with Crippen molar-refractivity contribution in [3.63, 3.8) is 0 Å². The summed E-state index contributed by atoms with van der Waals surface area (Å²) in [5, 5.41) is 23.3. The Kier molecular flexibility index (Phi) is 6.64. The quantitative estimate of drug-likeness (QED) is 0.407. The summed E-state index contributed by atoms with van der Waals surface area (Å²) in [5.41, 5.74) is 4.48. The standard InChI is InChI=1S/C22H27N3O4/c1-6-17-18(8-7-9-19(17)26)20(27)24-25(22(4,5)13-23-29)21(28)16-11-14(2)10-15(3)12-16/h7-13,26,29H,6H2,1-5H3,(H,24,27)/b23-13+. The van der Waals surface area contributed by atoms with Gasteiger partial charge in [0.25, 0.3) is 11.8 Å². The highest BCUT2D eigenvalue weighted by molar-refractivity contribution is 6.01. The summed E-state index contributed by atoms with van der Waals surface area (Å²) in [4.78, 5) is 26.3. The van der Waals surface area contributed by atoms with Gasteiger partial charge in [-0.3, -0.25) is 15.0 Å². The number of rotatable bonds is 5. The van der Waals surface area contributed by atoms with E-state index in [1.165, 1.54) is 6.07 Å². The fourth-order valence-electron chi connectivity index (χ4n) is 3.20. The minimum atomic E-state index is -1.12. The van der Waals surface area contributed by atoms with E-state index in [-0.39, 0.29) is 11.3 Å². The molecule has 0 saturated carbocycles. The van der Waals surface area contributed by atoms with Crippen molar-refractivity contribution in [1.29, 1.82) is 0 Å². The number of phenolic OH excluding ortho intramolecular Hbond substituents is 1. The number of phenols is 1. The second-order valence-electron chi connectivity index (χ2n) is 7.51. The number of hydrazine groups is 1. The fourth-order valence-corrected chi connectivity index (χ4v) is 3.20. The van der Waals surface area contributed by atoms with Gasteiger partial charge in [0.05, 0.1) is 11.8 Å². The average Bonchev–Trinajstić information content (AvgIpc) is 2.64. The van der Waals surface area contributed by atoms with Crippen LogP contribution in [0, 0.1) is 13.8 Å². The summed E-state index contributed by atoms with van der Waals surface area (Å²) < 4.78 is 0. The number of carbonyl (C=O) groups is 2. The first kappa shape index (κ1) is 21.9. The molecule has 2 amide bonds. The molecule has 0 fully saturated rings. The number of amides is 2. The minimum absolute atomic E-state index is 0.0171. The van der Waals surface area contributed by atoms with Crippen LogP contribution < -0.4 is 5.43 Å². The zero-order valence-corrected chi connectivity index (χ0v) is 17.4. The Labute approximate surface area is 170 Å². The van der Waals surface area contributed by atoms with Gasteiger partial charge in [0.2, 0.25) is 0 Å². The van der Waals surface area contributed by atoms with Crippen LogP contribution in [-0.4, -0.2) is 38.9 Å². The molecule has 3 N–H and O–H groups in total. The highest BCUT2D eigenvalue weighted by atomic mass is 16.4. The first-order valence-corrected chi connectivity index (χ1v) is 9.34. The van der Waals surface area contributed by atoms with E-state index in [9.17, 15) is 14.7 Å². The van der Waals surface area contributed by atoms with Gasteiger partial charge < -0.3 is 10.3 Å². The molecule has 0 bridgehead atoms. The van der Waals surface area contributed by atoms with Gasteiger partial charge in [-0.1, -0.05) is 35.3 Å². The number of carbonyl (C=O) groups excluding carboxylic acids is 2. The largest absolute Gasteiger partial charge is 0.508 e. The Morgan fingerprint density at radius 1 is 1.17 bits per heavy atom. The second kappa shape index (κ2) is 8.77. The lowest BCUT2D eigenvalue weighted by Crippen LogP contribution is -2.58. The van der Waals surface area contributed by atoms with Gasteiger partial charge in [-0.15, -0.1) is 0 Å². The summed E-state index contributed by atoms with van der Waals surface area (Å²) in [7, 11) is 0. The number of aryl methyl sites for hydroxylation is 2. The smallest absolute Gasteiger partial charge is 0.273 e. The van der Waals surface area contributed by atoms with Crippen molar-refractivity contribution in [2.75, 3.05) is 0 Å². The SMILES string of the molecule is CCc1c(O)cccc1C(=O)NN(C(=O)c1cc(C)cc(C)c1)C(C)(C)/C=N/O. The number of nitrogens with one attached hydrogen (secondary N) is 1. The first-order valence-electron chi connectivity index (χ1n) is 9.34. The van der Waals surface area contributed by atoms with E-state index in [1.807, 2.05) is 26.8 Å². The molecule has 29 heavy (non-hydrogen) atoms. The van der Waals surface area contributed by atoms with E-state index in [4.69, 9.17) is 5.21 Å². The number of nitrogens with zero attached hydrogens (tertiary/aromatic N) is 2. The number of oxime groups is 1. The highest BCUT2D eigenvalue weighted by Crippen LogP contribution is 2.23. The van der Waals surface area contributed by atoms with E-state index in [1.54, 1.807) is 38.1 Å². The lowest BCUT2D eigenvalue weighted by Gasteiger charge is -2.35. The zero-order valence-electron chi connectivity index (χ0n) is 17.4. The topological polar surface area (TPSA) is 102 Å². The van der Waals surface area contributed by atoms with Gasteiger partial charge in [0.15, 0.2) is 0 Å². The Hall–Kier alpha value is -3.35. The molecule has 2 aromatic carbocycles. The van der Waals surface area contributed by atoms with Crippen molar-refractivity contribution in [2.24, 2.45) is 5.16 Å². The third-order valence-corrected chi connectivity index (χ3v) is 4.58. The zero-order chi connectivity index (χ0) is 21.8. The Morgan fingerprint density at radius 3 is 2.34 bits per heavy atom. The third kappa shape index (κ3) is 4.93. The Balaban J connectivity index is 2.48. The van der Waals surface area contributed by atoms with Crippen molar-refractivity contribution in [2.45, 2.75) is 46.6 Å². The lowest BCUT2D eigenvalue weighted by molar-refractivity contribution is 0.0446. The summed E-state index contributed by atoms with van der Waals surface area (Å²) in [6, 6.07) is 10.1. The highest BCUT2D eigenvalue weighted by Gasteiger charge is 2.33. The van der Waals surface area contributed by atoms with Gasteiger partial charge in [-0.05, 0) is 58.4 Å². The molecule has 0 aliphatic rings. The normalized spacial score (nSPS) is 11.5. The summed E-state index contributed by atoms with van der Waals surface area (Å²) in [5.74, 6) is -0.980. The third-order valence-electron chi connectivity index (χ3n) is 4.58. The number of benzene rings is 2. The van der Waals surface area contributed by atoms with E-state index >= 15 is 0 Å². The van der Waals surface area contributed by atoms with Crippen molar-refractivity contribution in [1.82, 2.24) is 10.4 Å². The maximum Gasteiger partial charge on any atom is 0.273 e. The molecule has 0 atom stereocenters. The van der Waals surface area contributed by atoms with Crippen LogP contribution in [0.25, 0.3) is 0 Å². The van der Waals surface area contributed by atoms with Crippen LogP contribution in [0.1, 0.15) is 58.2 Å². The Bertz CT molecular complexity index is 931. The molecule has 0 aliphatic heterocycles. The molecule has 0 radical (unpaired) electrons. The molecule has 0 heterocycles. The number of hydrogen-bond donors (Lipinski definition) is 3. The molecule has 0 aliphatic carbocycles. The predicted molar refractivity (Wildman–Crippen MR) is 111 cm³/mol. The molecule has 2 aromatic rings. The summed E-state index contributed by atoms with van der Waals surface area (Å²) in [6.45, 7) is 8.86. The van der Waals surface area contributed by atoms with Crippen LogP contribution in [-0.2, 0) is 6.42 Å². The molecule has 7 nitrogen and oxygen atoms in total. The maximum absolute atomic E-state index is 13.3.